The number of rotatable bonds is 4. The molecule has 18 heavy (non-hydrogen) atoms. The van der Waals surface area contributed by atoms with Gasteiger partial charge in [-0.15, -0.1) is 0 Å². The summed E-state index contributed by atoms with van der Waals surface area (Å²) < 4.78 is 10.2. The maximum Gasteiger partial charge on any atom is 0.202 e. The average molecular weight is 247 g/mol. The molecule has 0 unspecified atom stereocenters. The predicted molar refractivity (Wildman–Crippen MR) is 66.0 cm³/mol. The Morgan fingerprint density at radius 2 is 2.06 bits per heavy atom. The molecule has 6 nitrogen and oxygen atoms in total. The molecule has 0 amide bonds. The monoisotopic (exact) mass is 247 g/mol. The Kier molecular flexibility index (Phi) is 3.18. The van der Waals surface area contributed by atoms with Crippen LogP contribution in [0.4, 0.5) is 5.82 Å². The molecule has 2 aromatic rings. The van der Waals surface area contributed by atoms with E-state index >= 15 is 0 Å². The summed E-state index contributed by atoms with van der Waals surface area (Å²) in [6.07, 6.45) is 1.39. The first-order valence-corrected chi connectivity index (χ1v) is 5.23. The van der Waals surface area contributed by atoms with Crippen molar-refractivity contribution in [3.63, 3.8) is 0 Å². The Bertz CT molecular complexity index is 578. The van der Waals surface area contributed by atoms with Crippen molar-refractivity contribution >= 4 is 11.6 Å². The number of H-pyrrole nitrogens is 1. The number of ether oxygens (including phenoxy) is 2. The van der Waals surface area contributed by atoms with Crippen molar-refractivity contribution in [1.82, 2.24) is 10.2 Å². The van der Waals surface area contributed by atoms with Gasteiger partial charge in [-0.25, -0.2) is 0 Å². The van der Waals surface area contributed by atoms with E-state index in [4.69, 9.17) is 15.2 Å². The highest BCUT2D eigenvalue weighted by atomic mass is 16.5. The summed E-state index contributed by atoms with van der Waals surface area (Å²) in [6, 6.07) is 4.99. The summed E-state index contributed by atoms with van der Waals surface area (Å²) in [4.78, 5) is 12.3. The van der Waals surface area contributed by atoms with E-state index in [0.29, 0.717) is 22.6 Å². The Labute approximate surface area is 104 Å². The standard InChI is InChI=1S/C12H13N3O3/c1-17-7-3-4-10(18-2)8(5-7)11(16)9-6-14-15-12(9)13/h3-6H,1-2H3,(H3,13,14,15). The van der Waals surface area contributed by atoms with Crippen LogP contribution in [0.2, 0.25) is 0 Å². The molecule has 0 aliphatic rings. The Hall–Kier alpha value is -2.50. The fourth-order valence-electron chi connectivity index (χ4n) is 1.61. The van der Waals surface area contributed by atoms with Gasteiger partial charge in [-0.2, -0.15) is 5.10 Å². The molecule has 0 saturated carbocycles. The Balaban J connectivity index is 2.49. The number of nitrogens with zero attached hydrogens (tertiary/aromatic N) is 1. The lowest BCUT2D eigenvalue weighted by Gasteiger charge is -2.09. The van der Waals surface area contributed by atoms with Gasteiger partial charge in [0.05, 0.1) is 31.5 Å². The van der Waals surface area contributed by atoms with Gasteiger partial charge in [-0.3, -0.25) is 9.89 Å². The number of benzene rings is 1. The quantitative estimate of drug-likeness (QED) is 0.793. The molecule has 0 fully saturated rings. The van der Waals surface area contributed by atoms with Crippen molar-refractivity contribution in [2.75, 3.05) is 20.0 Å². The van der Waals surface area contributed by atoms with Gasteiger partial charge in [0.15, 0.2) is 0 Å². The number of aromatic amines is 1. The van der Waals surface area contributed by atoms with Gasteiger partial charge in [-0.1, -0.05) is 0 Å². The van der Waals surface area contributed by atoms with E-state index in [1.807, 2.05) is 0 Å². The van der Waals surface area contributed by atoms with E-state index in [9.17, 15) is 4.79 Å². The van der Waals surface area contributed by atoms with Gasteiger partial charge >= 0.3 is 0 Å². The van der Waals surface area contributed by atoms with Crippen LogP contribution in [0.3, 0.4) is 0 Å². The van der Waals surface area contributed by atoms with Gasteiger partial charge < -0.3 is 15.2 Å². The molecule has 0 aliphatic heterocycles. The second-order valence-electron chi connectivity index (χ2n) is 3.59. The molecule has 0 radical (unpaired) electrons. The number of nitrogen functional groups attached to an aromatic ring is 1. The summed E-state index contributed by atoms with van der Waals surface area (Å²) >= 11 is 0. The molecule has 1 heterocycles. The first-order valence-electron chi connectivity index (χ1n) is 5.23. The number of hydrogen-bond acceptors (Lipinski definition) is 5. The van der Waals surface area contributed by atoms with E-state index in [2.05, 4.69) is 10.2 Å². The first kappa shape index (κ1) is 12.0. The minimum Gasteiger partial charge on any atom is -0.497 e. The fourth-order valence-corrected chi connectivity index (χ4v) is 1.61. The van der Waals surface area contributed by atoms with Gasteiger partial charge in [-0.05, 0) is 18.2 Å². The van der Waals surface area contributed by atoms with Gasteiger partial charge in [0.2, 0.25) is 5.78 Å². The third-order valence-corrected chi connectivity index (χ3v) is 2.56. The zero-order chi connectivity index (χ0) is 13.1. The van der Waals surface area contributed by atoms with Crippen LogP contribution < -0.4 is 15.2 Å². The summed E-state index contributed by atoms with van der Waals surface area (Å²) in [5.74, 6) is 0.990. The lowest BCUT2D eigenvalue weighted by atomic mass is 10.0. The van der Waals surface area contributed by atoms with Crippen LogP contribution in [0.1, 0.15) is 15.9 Å². The molecule has 1 aromatic carbocycles. The highest BCUT2D eigenvalue weighted by Gasteiger charge is 2.19. The molecular formula is C12H13N3O3. The molecule has 6 heteroatoms. The van der Waals surface area contributed by atoms with E-state index in [0.717, 1.165) is 0 Å². The topological polar surface area (TPSA) is 90.2 Å². The van der Waals surface area contributed by atoms with Crippen molar-refractivity contribution in [2.24, 2.45) is 0 Å². The molecule has 0 spiro atoms. The molecule has 3 N–H and O–H groups in total. The normalized spacial score (nSPS) is 10.1. The Morgan fingerprint density at radius 3 is 2.61 bits per heavy atom. The van der Waals surface area contributed by atoms with Crippen LogP contribution in [-0.2, 0) is 0 Å². The molecular weight excluding hydrogens is 234 g/mol. The van der Waals surface area contributed by atoms with Crippen LogP contribution in [-0.4, -0.2) is 30.2 Å². The summed E-state index contributed by atoms with van der Waals surface area (Å²) in [5, 5.41) is 6.24. The lowest BCUT2D eigenvalue weighted by Crippen LogP contribution is -2.06. The van der Waals surface area contributed by atoms with Crippen LogP contribution in [0.25, 0.3) is 0 Å². The zero-order valence-electron chi connectivity index (χ0n) is 10.1. The van der Waals surface area contributed by atoms with Crippen LogP contribution >= 0.6 is 0 Å². The maximum absolute atomic E-state index is 12.3. The van der Waals surface area contributed by atoms with E-state index in [-0.39, 0.29) is 11.6 Å². The number of methoxy groups -OCH3 is 2. The van der Waals surface area contributed by atoms with E-state index in [1.54, 1.807) is 18.2 Å². The van der Waals surface area contributed by atoms with Crippen molar-refractivity contribution in [3.05, 3.63) is 35.5 Å². The summed E-state index contributed by atoms with van der Waals surface area (Å²) in [7, 11) is 3.03. The smallest absolute Gasteiger partial charge is 0.202 e. The third kappa shape index (κ3) is 2.00. The van der Waals surface area contributed by atoms with Crippen molar-refractivity contribution in [2.45, 2.75) is 0 Å². The molecule has 0 bridgehead atoms. The number of carbonyl (C=O) groups excluding carboxylic acids is 1. The molecule has 0 saturated heterocycles. The first-order chi connectivity index (χ1) is 8.67. The lowest BCUT2D eigenvalue weighted by molar-refractivity contribution is 0.103. The highest BCUT2D eigenvalue weighted by molar-refractivity contribution is 6.13. The molecule has 94 valence electrons. The molecule has 1 aromatic heterocycles. The summed E-state index contributed by atoms with van der Waals surface area (Å²) in [5.41, 5.74) is 6.32. The minimum absolute atomic E-state index is 0.227. The summed E-state index contributed by atoms with van der Waals surface area (Å²) in [6.45, 7) is 0. The number of carbonyl (C=O) groups is 1. The third-order valence-electron chi connectivity index (χ3n) is 2.56. The van der Waals surface area contributed by atoms with Gasteiger partial charge in [0, 0.05) is 0 Å². The Morgan fingerprint density at radius 1 is 1.28 bits per heavy atom. The van der Waals surface area contributed by atoms with Crippen molar-refractivity contribution in [3.8, 4) is 11.5 Å². The minimum atomic E-state index is -0.267. The number of hydrogen-bond donors (Lipinski definition) is 2. The second kappa shape index (κ2) is 4.79. The van der Waals surface area contributed by atoms with Crippen molar-refractivity contribution < 1.29 is 14.3 Å². The largest absolute Gasteiger partial charge is 0.497 e. The SMILES string of the molecule is COc1ccc(OC)c(C(=O)c2cn[nH]c2N)c1. The second-order valence-corrected chi connectivity index (χ2v) is 3.59. The molecule has 2 rings (SSSR count). The maximum atomic E-state index is 12.3. The van der Waals surface area contributed by atoms with Crippen LogP contribution in [0.15, 0.2) is 24.4 Å². The van der Waals surface area contributed by atoms with Gasteiger partial charge in [0.25, 0.3) is 0 Å². The van der Waals surface area contributed by atoms with Crippen LogP contribution in [0, 0.1) is 0 Å². The predicted octanol–water partition coefficient (Wildman–Crippen LogP) is 1.24. The van der Waals surface area contributed by atoms with E-state index in [1.165, 1.54) is 20.4 Å². The number of nitrogens with two attached hydrogens (primary N) is 1. The molecule has 0 aliphatic carbocycles. The van der Waals surface area contributed by atoms with Crippen molar-refractivity contribution in [1.29, 1.82) is 0 Å². The van der Waals surface area contributed by atoms with E-state index < -0.39 is 0 Å². The number of anilines is 1. The number of ketones is 1. The number of nitrogens with one attached hydrogen (secondary N) is 1. The highest BCUT2D eigenvalue weighted by Crippen LogP contribution is 2.27. The average Bonchev–Trinajstić information content (AvgIpc) is 2.83. The number of aromatic nitrogens is 2. The van der Waals surface area contributed by atoms with Gasteiger partial charge in [0.1, 0.15) is 17.3 Å². The van der Waals surface area contributed by atoms with Crippen LogP contribution in [0.5, 0.6) is 11.5 Å². The fraction of sp³-hybridized carbons (Fsp3) is 0.167. The zero-order valence-corrected chi connectivity index (χ0v) is 10.1. The molecule has 0 atom stereocenters.